The summed E-state index contributed by atoms with van der Waals surface area (Å²) in [7, 11) is 2.08. The van der Waals surface area contributed by atoms with Crippen LogP contribution in [0.2, 0.25) is 0 Å². The normalized spacial score (nSPS) is 14.6. The van der Waals surface area contributed by atoms with Crippen molar-refractivity contribution in [3.63, 3.8) is 0 Å². The van der Waals surface area contributed by atoms with E-state index >= 15 is 0 Å². The highest BCUT2D eigenvalue weighted by Crippen LogP contribution is 2.18. The SMILES string of the molecule is CN(Cc1ccc(N2CCOCC2)cc1)Cn1[nH]c(-c2ccccc2)nc1=S. The molecule has 0 bridgehead atoms. The molecule has 0 unspecified atom stereocenters. The second kappa shape index (κ2) is 8.68. The number of morpholine rings is 1. The quantitative estimate of drug-likeness (QED) is 0.647. The Kier molecular flexibility index (Phi) is 5.85. The minimum atomic E-state index is 0.563. The lowest BCUT2D eigenvalue weighted by Gasteiger charge is -2.29. The van der Waals surface area contributed by atoms with Crippen LogP contribution in [0.3, 0.4) is 0 Å². The first kappa shape index (κ1) is 18.9. The van der Waals surface area contributed by atoms with E-state index in [-0.39, 0.29) is 0 Å². The molecule has 1 aliphatic heterocycles. The zero-order valence-corrected chi connectivity index (χ0v) is 16.9. The zero-order chi connectivity index (χ0) is 19.3. The first-order valence-corrected chi connectivity index (χ1v) is 9.92. The van der Waals surface area contributed by atoms with E-state index in [2.05, 4.69) is 51.2 Å². The van der Waals surface area contributed by atoms with Crippen molar-refractivity contribution in [1.29, 1.82) is 0 Å². The number of hydrogen-bond donors (Lipinski definition) is 1. The van der Waals surface area contributed by atoms with Gasteiger partial charge in [0.25, 0.3) is 0 Å². The highest BCUT2D eigenvalue weighted by atomic mass is 32.1. The Morgan fingerprint density at radius 2 is 1.79 bits per heavy atom. The second-order valence-corrected chi connectivity index (χ2v) is 7.44. The molecule has 0 radical (unpaired) electrons. The molecule has 3 aromatic rings. The highest BCUT2D eigenvalue weighted by Gasteiger charge is 2.11. The maximum Gasteiger partial charge on any atom is 0.217 e. The fraction of sp³-hybridized carbons (Fsp3) is 0.333. The summed E-state index contributed by atoms with van der Waals surface area (Å²) in [4.78, 5) is 9.07. The lowest BCUT2D eigenvalue weighted by Crippen LogP contribution is -2.36. The minimum Gasteiger partial charge on any atom is -0.378 e. The van der Waals surface area contributed by atoms with Gasteiger partial charge in [-0.05, 0) is 37.0 Å². The first-order valence-electron chi connectivity index (χ1n) is 9.51. The number of aromatic amines is 1. The molecule has 1 N–H and O–H groups in total. The van der Waals surface area contributed by atoms with Gasteiger partial charge in [0, 0.05) is 30.9 Å². The van der Waals surface area contributed by atoms with E-state index in [4.69, 9.17) is 17.0 Å². The summed E-state index contributed by atoms with van der Waals surface area (Å²) in [6.07, 6.45) is 0. The van der Waals surface area contributed by atoms with Gasteiger partial charge in [0.2, 0.25) is 4.77 Å². The molecule has 2 heterocycles. The molecular formula is C21H25N5OS. The number of aromatic nitrogens is 3. The van der Waals surface area contributed by atoms with Crippen molar-refractivity contribution in [3.8, 4) is 11.4 Å². The fourth-order valence-electron chi connectivity index (χ4n) is 3.41. The lowest BCUT2D eigenvalue weighted by atomic mass is 10.2. The van der Waals surface area contributed by atoms with Crippen LogP contribution in [0.1, 0.15) is 5.56 Å². The molecule has 7 heteroatoms. The van der Waals surface area contributed by atoms with Crippen molar-refractivity contribution < 1.29 is 4.74 Å². The average molecular weight is 396 g/mol. The summed E-state index contributed by atoms with van der Waals surface area (Å²) in [6.45, 7) is 5.03. The fourth-order valence-corrected chi connectivity index (χ4v) is 3.61. The van der Waals surface area contributed by atoms with Crippen molar-refractivity contribution in [2.24, 2.45) is 0 Å². The predicted octanol–water partition coefficient (Wildman–Crippen LogP) is 3.53. The molecule has 0 spiro atoms. The molecule has 0 aliphatic carbocycles. The standard InChI is InChI=1S/C21H25N5OS/c1-24(15-17-7-9-19(10-8-17)25-11-13-27-14-12-25)16-26-21(28)22-20(23-26)18-5-3-2-4-6-18/h2-10H,11-16H2,1H3,(H,22,23,28). The third-order valence-electron chi connectivity index (χ3n) is 4.87. The Labute approximate surface area is 170 Å². The molecule has 4 rings (SSSR count). The minimum absolute atomic E-state index is 0.563. The molecule has 0 atom stereocenters. The van der Waals surface area contributed by atoms with Gasteiger partial charge in [0.15, 0.2) is 5.82 Å². The third-order valence-corrected chi connectivity index (χ3v) is 5.19. The molecule has 146 valence electrons. The van der Waals surface area contributed by atoms with E-state index in [0.717, 1.165) is 44.2 Å². The Bertz CT molecular complexity index is 945. The van der Waals surface area contributed by atoms with Crippen LogP contribution in [0, 0.1) is 4.77 Å². The molecular weight excluding hydrogens is 370 g/mol. The largest absolute Gasteiger partial charge is 0.378 e. The molecule has 6 nitrogen and oxygen atoms in total. The molecule has 1 fully saturated rings. The van der Waals surface area contributed by atoms with Crippen LogP contribution in [-0.4, -0.2) is 53.0 Å². The van der Waals surface area contributed by atoms with Gasteiger partial charge in [-0.2, -0.15) is 4.98 Å². The van der Waals surface area contributed by atoms with Crippen molar-refractivity contribution >= 4 is 17.9 Å². The molecule has 2 aromatic carbocycles. The topological polar surface area (TPSA) is 49.3 Å². The number of nitrogens with one attached hydrogen (secondary N) is 1. The van der Waals surface area contributed by atoms with E-state index in [9.17, 15) is 0 Å². The van der Waals surface area contributed by atoms with Gasteiger partial charge in [-0.15, -0.1) is 0 Å². The summed E-state index contributed by atoms with van der Waals surface area (Å²) in [5.41, 5.74) is 3.57. The zero-order valence-electron chi connectivity index (χ0n) is 16.0. The number of ether oxygens (including phenoxy) is 1. The van der Waals surface area contributed by atoms with Crippen LogP contribution in [0.25, 0.3) is 11.4 Å². The van der Waals surface area contributed by atoms with Crippen LogP contribution in [0.5, 0.6) is 0 Å². The average Bonchev–Trinajstić information content (AvgIpc) is 3.10. The molecule has 1 aliphatic rings. The van der Waals surface area contributed by atoms with Crippen LogP contribution in [0.15, 0.2) is 54.6 Å². The van der Waals surface area contributed by atoms with Crippen molar-refractivity contribution in [2.75, 3.05) is 38.3 Å². The molecule has 0 amide bonds. The monoisotopic (exact) mass is 395 g/mol. The summed E-state index contributed by atoms with van der Waals surface area (Å²) in [6, 6.07) is 18.8. The smallest absolute Gasteiger partial charge is 0.217 e. The molecule has 1 aromatic heterocycles. The van der Waals surface area contributed by atoms with E-state index in [0.29, 0.717) is 11.4 Å². The number of hydrogen-bond acceptors (Lipinski definition) is 5. The van der Waals surface area contributed by atoms with Gasteiger partial charge >= 0.3 is 0 Å². The van der Waals surface area contributed by atoms with Crippen LogP contribution >= 0.6 is 12.2 Å². The third kappa shape index (κ3) is 4.49. The van der Waals surface area contributed by atoms with Gasteiger partial charge in [-0.1, -0.05) is 42.5 Å². The molecule has 28 heavy (non-hydrogen) atoms. The van der Waals surface area contributed by atoms with Crippen LogP contribution in [0.4, 0.5) is 5.69 Å². The van der Waals surface area contributed by atoms with Gasteiger partial charge < -0.3 is 9.64 Å². The Balaban J connectivity index is 1.38. The second-order valence-electron chi connectivity index (χ2n) is 7.07. The molecule has 1 saturated heterocycles. The van der Waals surface area contributed by atoms with E-state index in [1.165, 1.54) is 11.3 Å². The van der Waals surface area contributed by atoms with E-state index in [1.807, 2.05) is 35.0 Å². The molecule has 0 saturated carbocycles. The number of H-pyrrole nitrogens is 1. The van der Waals surface area contributed by atoms with Gasteiger partial charge in [-0.25, -0.2) is 4.68 Å². The number of nitrogens with zero attached hydrogens (tertiary/aromatic N) is 4. The highest BCUT2D eigenvalue weighted by molar-refractivity contribution is 7.71. The summed E-state index contributed by atoms with van der Waals surface area (Å²) < 4.78 is 7.89. The maximum absolute atomic E-state index is 5.43. The van der Waals surface area contributed by atoms with Gasteiger partial charge in [0.1, 0.15) is 0 Å². The summed E-state index contributed by atoms with van der Waals surface area (Å²) >= 11 is 5.42. The van der Waals surface area contributed by atoms with Crippen molar-refractivity contribution in [2.45, 2.75) is 13.2 Å². The number of rotatable bonds is 6. The van der Waals surface area contributed by atoms with Crippen LogP contribution < -0.4 is 4.90 Å². The van der Waals surface area contributed by atoms with Crippen LogP contribution in [-0.2, 0) is 18.0 Å². The maximum atomic E-state index is 5.43. The van der Waals surface area contributed by atoms with E-state index in [1.54, 1.807) is 0 Å². The predicted molar refractivity (Wildman–Crippen MR) is 114 cm³/mol. The Morgan fingerprint density at radius 1 is 1.07 bits per heavy atom. The van der Waals surface area contributed by atoms with E-state index < -0.39 is 0 Å². The van der Waals surface area contributed by atoms with Gasteiger partial charge in [-0.3, -0.25) is 10.00 Å². The van der Waals surface area contributed by atoms with Gasteiger partial charge in [0.05, 0.1) is 19.9 Å². The Hall–Kier alpha value is -2.48. The van der Waals surface area contributed by atoms with Crippen molar-refractivity contribution in [3.05, 3.63) is 64.9 Å². The summed E-state index contributed by atoms with van der Waals surface area (Å²) in [5.74, 6) is 0.800. The van der Waals surface area contributed by atoms with Crippen molar-refractivity contribution in [1.82, 2.24) is 19.7 Å². The Morgan fingerprint density at radius 3 is 2.50 bits per heavy atom. The first-order chi connectivity index (χ1) is 13.7. The number of anilines is 1. The lowest BCUT2D eigenvalue weighted by molar-refractivity contribution is 0.122. The number of benzene rings is 2. The summed E-state index contributed by atoms with van der Waals surface area (Å²) in [5, 5.41) is 3.31.